The van der Waals surface area contributed by atoms with Gasteiger partial charge in [0, 0.05) is 59.1 Å². The third kappa shape index (κ3) is 5.81. The van der Waals surface area contributed by atoms with Crippen molar-refractivity contribution in [2.24, 2.45) is 0 Å². The lowest BCUT2D eigenvalue weighted by Crippen LogP contribution is -2.69. The van der Waals surface area contributed by atoms with E-state index in [-0.39, 0.29) is 66.7 Å². The molecule has 64 heavy (non-hydrogen) atoms. The number of methoxy groups -OCH3 is 2. The molecule has 7 aliphatic heterocycles. The molecule has 17 heteroatoms. The van der Waals surface area contributed by atoms with Crippen LogP contribution in [0, 0.1) is 31.0 Å². The van der Waals surface area contributed by atoms with E-state index in [0.717, 1.165) is 17.2 Å². The van der Waals surface area contributed by atoms with E-state index in [9.17, 15) is 29.5 Å². The molecule has 0 aliphatic carbocycles. The number of ether oxygens (including phenoxy) is 6. The normalized spacial score (nSPS) is 26.5. The van der Waals surface area contributed by atoms with E-state index in [2.05, 4.69) is 15.9 Å². The number of thioether (sulfide) groups is 1. The van der Waals surface area contributed by atoms with E-state index in [0.29, 0.717) is 57.1 Å². The van der Waals surface area contributed by atoms with Gasteiger partial charge in [0.25, 0.3) is 5.91 Å². The fourth-order valence-corrected chi connectivity index (χ4v) is 13.1. The Morgan fingerprint density at radius 3 is 2.50 bits per heavy atom. The highest BCUT2D eigenvalue weighted by molar-refractivity contribution is 7.99. The van der Waals surface area contributed by atoms with Crippen molar-refractivity contribution in [3.8, 4) is 46.3 Å². The molecule has 0 saturated carbocycles. The van der Waals surface area contributed by atoms with Gasteiger partial charge < -0.3 is 43.5 Å². The average Bonchev–Trinajstić information content (AvgIpc) is 3.76. The predicted octanol–water partition coefficient (Wildman–Crippen LogP) is 5.68. The van der Waals surface area contributed by atoms with Crippen LogP contribution in [-0.2, 0) is 32.7 Å². The molecule has 0 aromatic heterocycles. The first-order valence-electron chi connectivity index (χ1n) is 20.9. The number of esters is 2. The summed E-state index contributed by atoms with van der Waals surface area (Å²) < 4.78 is 51.3. The lowest BCUT2D eigenvalue weighted by molar-refractivity contribution is -0.162. The number of aromatic hydroxyl groups is 2. The van der Waals surface area contributed by atoms with Crippen LogP contribution in [0.1, 0.15) is 79.1 Å². The molecule has 2 N–H and O–H groups in total. The summed E-state index contributed by atoms with van der Waals surface area (Å²) in [5, 5.41) is 33.7. The molecule has 7 heterocycles. The van der Waals surface area contributed by atoms with Gasteiger partial charge in [-0.15, -0.1) is 11.8 Å². The molecule has 0 unspecified atom stereocenters. The van der Waals surface area contributed by atoms with Crippen molar-refractivity contribution in [3.63, 3.8) is 0 Å². The zero-order chi connectivity index (χ0) is 45.1. The number of carbonyl (C=O) groups is 3. The second-order valence-electron chi connectivity index (χ2n) is 17.1. The maximum absolute atomic E-state index is 15.6. The summed E-state index contributed by atoms with van der Waals surface area (Å²) in [6.45, 7) is 4.42. The van der Waals surface area contributed by atoms with Crippen molar-refractivity contribution in [1.82, 2.24) is 14.7 Å². The van der Waals surface area contributed by atoms with Gasteiger partial charge in [0.2, 0.25) is 6.79 Å². The van der Waals surface area contributed by atoms with Crippen molar-refractivity contribution < 1.29 is 57.4 Å². The van der Waals surface area contributed by atoms with Crippen LogP contribution in [0.15, 0.2) is 42.5 Å². The van der Waals surface area contributed by atoms with E-state index in [1.807, 2.05) is 20.0 Å². The second kappa shape index (κ2) is 15.2. The minimum Gasteiger partial charge on any atom is -0.504 e. The zero-order valence-electron chi connectivity index (χ0n) is 35.9. The van der Waals surface area contributed by atoms with Gasteiger partial charge in [0.15, 0.2) is 40.0 Å². The van der Waals surface area contributed by atoms with Gasteiger partial charge >= 0.3 is 11.9 Å². The Bertz CT molecular complexity index is 2740. The SMILES string of the molecule is COc1cc2c(cc1O)CCN(C(=O)c1cccc(F)c1)[C@]21CS[C@@H]2c3c(OC(C)=O)c(C)c4c(c3[C@H](COC1=O)N1[C@@H]2[C@H]2c3c(cc(C)c(OC)c3O)C[C@@H]([C@@H]1C#N)N2C)OCO4. The van der Waals surface area contributed by atoms with E-state index in [4.69, 9.17) is 28.4 Å². The molecule has 4 aromatic carbocycles. The molecular formula is C47H45FN4O11S. The highest BCUT2D eigenvalue weighted by Crippen LogP contribution is 2.65. The van der Waals surface area contributed by atoms with Crippen LogP contribution in [0.4, 0.5) is 4.39 Å². The summed E-state index contributed by atoms with van der Waals surface area (Å²) in [5.41, 5.74) is 2.80. The molecule has 1 amide bonds. The van der Waals surface area contributed by atoms with Crippen molar-refractivity contribution in [3.05, 3.63) is 98.4 Å². The largest absolute Gasteiger partial charge is 0.504 e. The molecule has 15 nitrogen and oxygen atoms in total. The van der Waals surface area contributed by atoms with Crippen molar-refractivity contribution >= 4 is 29.6 Å². The molecule has 1 spiro atoms. The van der Waals surface area contributed by atoms with E-state index >= 15 is 4.79 Å². The third-order valence-electron chi connectivity index (χ3n) is 14.0. The number of phenols is 2. The molecule has 4 aromatic rings. The van der Waals surface area contributed by atoms with Crippen LogP contribution < -0.4 is 23.7 Å². The number of nitriles is 1. The van der Waals surface area contributed by atoms with E-state index < -0.39 is 58.6 Å². The monoisotopic (exact) mass is 892 g/mol. The van der Waals surface area contributed by atoms with Crippen LogP contribution in [0.25, 0.3) is 0 Å². The van der Waals surface area contributed by atoms with Crippen LogP contribution in [0.5, 0.6) is 40.2 Å². The minimum absolute atomic E-state index is 0.00948. The number of hydrogen-bond donors (Lipinski definition) is 2. The van der Waals surface area contributed by atoms with Gasteiger partial charge in [0.05, 0.1) is 37.6 Å². The number of rotatable bonds is 4. The summed E-state index contributed by atoms with van der Waals surface area (Å²) in [5.74, 6) is -1.72. The Morgan fingerprint density at radius 1 is 1.00 bits per heavy atom. The molecule has 7 atom stereocenters. The number of fused-ring (bicyclic) bond motifs is 9. The highest BCUT2D eigenvalue weighted by atomic mass is 32.2. The van der Waals surface area contributed by atoms with Crippen LogP contribution in [0.3, 0.4) is 0 Å². The Labute approximate surface area is 372 Å². The van der Waals surface area contributed by atoms with E-state index in [1.165, 1.54) is 62.1 Å². The predicted molar refractivity (Wildman–Crippen MR) is 227 cm³/mol. The maximum Gasteiger partial charge on any atom is 0.337 e. The first-order valence-corrected chi connectivity index (χ1v) is 22.0. The number of hydrogen-bond acceptors (Lipinski definition) is 15. The number of carbonyl (C=O) groups excluding carboxylic acids is 3. The molecule has 2 saturated heterocycles. The lowest BCUT2D eigenvalue weighted by Gasteiger charge is -2.62. The Kier molecular flexibility index (Phi) is 9.93. The lowest BCUT2D eigenvalue weighted by atomic mass is 9.71. The molecule has 332 valence electrons. The molecular weight excluding hydrogens is 848 g/mol. The smallest absolute Gasteiger partial charge is 0.337 e. The Hall–Kier alpha value is -6.22. The topological polar surface area (TPSA) is 181 Å². The number of likely N-dealkylation sites (N-methyl/N-ethyl adjacent to an activating group) is 1. The molecule has 7 aliphatic rings. The summed E-state index contributed by atoms with van der Waals surface area (Å²) in [6.07, 6.45) is 0.642. The standard InChI is InChI=1S/C47H45FN4O11S/c1-21-12-26-14-29-30(17-49)52-31-18-60-46(57)47(28-16-33(58-5)32(54)15-24(28)10-11-51(47)45(56)25-8-7-9-27(48)13-25)19-64-44(38(52)37(50(29)4)34(26)39(55)40(21)59-6)36-35(31)43-42(61-20-62-43)22(2)41(36)63-23(3)53/h7-9,12-13,15-16,29-31,37-38,44,54-55H,10-11,14,18-20H2,1-6H3/t29-,30-,31-,37+,38+,44+,47+/m0/s1. The van der Waals surface area contributed by atoms with Crippen LogP contribution in [0.2, 0.25) is 0 Å². The molecule has 4 bridgehead atoms. The summed E-state index contributed by atoms with van der Waals surface area (Å²) in [4.78, 5) is 49.2. The van der Waals surface area contributed by atoms with Gasteiger partial charge in [-0.25, -0.2) is 9.18 Å². The summed E-state index contributed by atoms with van der Waals surface area (Å²) in [7, 11) is 4.81. The number of halogens is 1. The number of aryl methyl sites for hydroxylation is 1. The van der Waals surface area contributed by atoms with Crippen molar-refractivity contribution in [2.45, 2.75) is 74.6 Å². The summed E-state index contributed by atoms with van der Waals surface area (Å²) in [6, 6.07) is 9.47. The van der Waals surface area contributed by atoms with Gasteiger partial charge in [-0.1, -0.05) is 12.1 Å². The zero-order valence-corrected chi connectivity index (χ0v) is 36.7. The Morgan fingerprint density at radius 2 is 1.78 bits per heavy atom. The second-order valence-corrected chi connectivity index (χ2v) is 18.2. The minimum atomic E-state index is -1.91. The number of benzene rings is 4. The molecule has 11 rings (SSSR count). The van der Waals surface area contributed by atoms with Crippen molar-refractivity contribution in [1.29, 1.82) is 5.26 Å². The van der Waals surface area contributed by atoms with Gasteiger partial charge in [-0.2, -0.15) is 5.26 Å². The fraction of sp³-hybridized carbons (Fsp3) is 0.404. The summed E-state index contributed by atoms with van der Waals surface area (Å²) >= 11 is 1.29. The quantitative estimate of drug-likeness (QED) is 0.189. The van der Waals surface area contributed by atoms with Crippen LogP contribution >= 0.6 is 11.8 Å². The molecule has 2 fully saturated rings. The Balaban J connectivity index is 1.27. The first kappa shape index (κ1) is 41.8. The maximum atomic E-state index is 15.6. The fourth-order valence-electron chi connectivity index (χ4n) is 11.3. The third-order valence-corrected chi connectivity index (χ3v) is 15.4. The van der Waals surface area contributed by atoms with E-state index in [1.54, 1.807) is 13.0 Å². The number of phenolic OH excluding ortho intramolecular Hbond substituents is 2. The van der Waals surface area contributed by atoms with Gasteiger partial charge in [-0.3, -0.25) is 19.4 Å². The molecule has 0 radical (unpaired) electrons. The first-order chi connectivity index (χ1) is 30.7. The highest BCUT2D eigenvalue weighted by Gasteiger charge is 2.63. The number of piperazine rings is 1. The van der Waals surface area contributed by atoms with Crippen LogP contribution in [-0.4, -0.2) is 108 Å². The van der Waals surface area contributed by atoms with Gasteiger partial charge in [-0.05, 0) is 86.3 Å². The average molecular weight is 893 g/mol. The van der Waals surface area contributed by atoms with Crippen molar-refractivity contribution in [2.75, 3.05) is 47.0 Å². The van der Waals surface area contributed by atoms with Gasteiger partial charge in [0.1, 0.15) is 24.2 Å². The number of nitrogens with zero attached hydrogens (tertiary/aromatic N) is 4. The number of amides is 1.